The Kier molecular flexibility index (Phi) is 6.45. The van der Waals surface area contributed by atoms with Crippen LogP contribution in [0.5, 0.6) is 0 Å². The zero-order chi connectivity index (χ0) is 23.6. The lowest BCUT2D eigenvalue weighted by Crippen LogP contribution is -2.31. The van der Waals surface area contributed by atoms with Gasteiger partial charge in [0.05, 0.1) is 6.04 Å². The molecule has 2 N–H and O–H groups in total. The summed E-state index contributed by atoms with van der Waals surface area (Å²) >= 11 is 0. The molecule has 3 rings (SSSR count). The van der Waals surface area contributed by atoms with Gasteiger partial charge in [0.1, 0.15) is 18.0 Å². The Morgan fingerprint density at radius 1 is 1.16 bits per heavy atom. The number of benzene rings is 2. The molecule has 1 atom stereocenters. The first kappa shape index (κ1) is 23.1. The van der Waals surface area contributed by atoms with E-state index in [0.717, 1.165) is 24.3 Å². The highest BCUT2D eigenvalue weighted by molar-refractivity contribution is 5.92. The third-order valence-electron chi connectivity index (χ3n) is 4.97. The summed E-state index contributed by atoms with van der Waals surface area (Å²) in [4.78, 5) is 24.8. The maximum atomic E-state index is 14.1. The molecule has 0 unspecified atom stereocenters. The molecule has 0 saturated heterocycles. The van der Waals surface area contributed by atoms with Gasteiger partial charge in [-0.2, -0.15) is 18.6 Å². The predicted octanol–water partition coefficient (Wildman–Crippen LogP) is 3.39. The van der Waals surface area contributed by atoms with Crippen molar-refractivity contribution >= 4 is 5.91 Å². The predicted molar refractivity (Wildman–Crippen MR) is 108 cm³/mol. The number of rotatable bonds is 6. The summed E-state index contributed by atoms with van der Waals surface area (Å²) in [6, 6.07) is 8.66. The van der Waals surface area contributed by atoms with Crippen molar-refractivity contribution in [1.82, 2.24) is 15.1 Å². The molecule has 0 spiro atoms. The van der Waals surface area contributed by atoms with Gasteiger partial charge in [-0.05, 0) is 43.2 Å². The monoisotopic (exact) mass is 449 g/mol. The number of hydrogen-bond donors (Lipinski definition) is 2. The standard InChI is InChI=1S/C22H19F4N3O3/c1-12-14(5-3-6-15(12)22(25,26)11-30)13(2)27-21(32)17-9-10-19(31)29(28-17)18-8-4-7-16(23)20(18)24/h3-10,13,30H,11H2,1-2H3,(H,27,32)/t13-/m1/s1. The summed E-state index contributed by atoms with van der Waals surface area (Å²) in [6.45, 7) is 1.64. The van der Waals surface area contributed by atoms with Gasteiger partial charge in [0.2, 0.25) is 0 Å². The van der Waals surface area contributed by atoms with E-state index in [-0.39, 0.29) is 16.8 Å². The minimum absolute atomic E-state index is 0.194. The van der Waals surface area contributed by atoms with Crippen molar-refractivity contribution in [2.24, 2.45) is 0 Å². The van der Waals surface area contributed by atoms with E-state index in [1.54, 1.807) is 13.0 Å². The summed E-state index contributed by atoms with van der Waals surface area (Å²) < 4.78 is 56.1. The van der Waals surface area contributed by atoms with E-state index in [4.69, 9.17) is 5.11 Å². The van der Waals surface area contributed by atoms with Gasteiger partial charge < -0.3 is 10.4 Å². The summed E-state index contributed by atoms with van der Waals surface area (Å²) in [5.41, 5.74) is -1.31. The van der Waals surface area contributed by atoms with Gasteiger partial charge in [-0.15, -0.1) is 0 Å². The molecule has 0 bridgehead atoms. The molecule has 0 aliphatic heterocycles. The maximum Gasteiger partial charge on any atom is 0.296 e. The average Bonchev–Trinajstić information content (AvgIpc) is 2.76. The summed E-state index contributed by atoms with van der Waals surface area (Å²) in [7, 11) is 0. The van der Waals surface area contributed by atoms with Crippen molar-refractivity contribution in [1.29, 1.82) is 0 Å². The Morgan fingerprint density at radius 2 is 1.84 bits per heavy atom. The third kappa shape index (κ3) is 4.40. The molecule has 10 heteroatoms. The molecule has 0 saturated carbocycles. The Balaban J connectivity index is 1.91. The van der Waals surface area contributed by atoms with Gasteiger partial charge in [0.25, 0.3) is 17.4 Å². The molecule has 0 fully saturated rings. The molecule has 1 amide bonds. The fraction of sp³-hybridized carbons (Fsp3) is 0.227. The SMILES string of the molecule is Cc1c([C@@H](C)NC(=O)c2ccc(=O)n(-c3cccc(F)c3F)n2)cccc1C(F)(F)CO. The number of aliphatic hydroxyl groups excluding tert-OH is 1. The van der Waals surface area contributed by atoms with Gasteiger partial charge in [-0.25, -0.2) is 8.78 Å². The Morgan fingerprint density at radius 3 is 2.53 bits per heavy atom. The van der Waals surface area contributed by atoms with Crippen LogP contribution in [0.2, 0.25) is 0 Å². The average molecular weight is 449 g/mol. The quantitative estimate of drug-likeness (QED) is 0.565. The van der Waals surface area contributed by atoms with E-state index in [1.807, 2.05) is 0 Å². The molecule has 1 heterocycles. The molecule has 168 valence electrons. The van der Waals surface area contributed by atoms with Crippen LogP contribution in [0.25, 0.3) is 5.69 Å². The van der Waals surface area contributed by atoms with Crippen LogP contribution >= 0.6 is 0 Å². The van der Waals surface area contributed by atoms with Crippen LogP contribution in [0.3, 0.4) is 0 Å². The molecule has 6 nitrogen and oxygen atoms in total. The Labute approximate surface area is 180 Å². The van der Waals surface area contributed by atoms with Crippen LogP contribution < -0.4 is 10.9 Å². The van der Waals surface area contributed by atoms with E-state index in [0.29, 0.717) is 10.2 Å². The van der Waals surface area contributed by atoms with Crippen LogP contribution in [0, 0.1) is 18.6 Å². The van der Waals surface area contributed by atoms with Crippen molar-refractivity contribution in [3.63, 3.8) is 0 Å². The van der Waals surface area contributed by atoms with E-state index in [2.05, 4.69) is 10.4 Å². The number of carbonyl (C=O) groups excluding carboxylic acids is 1. The molecule has 0 radical (unpaired) electrons. The second-order valence-corrected chi connectivity index (χ2v) is 7.12. The van der Waals surface area contributed by atoms with Gasteiger partial charge in [0.15, 0.2) is 11.6 Å². The zero-order valence-corrected chi connectivity index (χ0v) is 17.1. The number of alkyl halides is 2. The minimum atomic E-state index is -3.45. The third-order valence-corrected chi connectivity index (χ3v) is 4.97. The second-order valence-electron chi connectivity index (χ2n) is 7.12. The number of halogens is 4. The van der Waals surface area contributed by atoms with Crippen LogP contribution in [-0.4, -0.2) is 27.4 Å². The summed E-state index contributed by atoms with van der Waals surface area (Å²) in [5.74, 6) is -6.70. The molecule has 0 aliphatic rings. The minimum Gasteiger partial charge on any atom is -0.390 e. The fourth-order valence-corrected chi connectivity index (χ4v) is 3.31. The number of nitrogens with one attached hydrogen (secondary N) is 1. The molecule has 32 heavy (non-hydrogen) atoms. The summed E-state index contributed by atoms with van der Waals surface area (Å²) in [5, 5.41) is 15.4. The number of aliphatic hydroxyl groups is 1. The van der Waals surface area contributed by atoms with Crippen LogP contribution in [-0.2, 0) is 5.92 Å². The van der Waals surface area contributed by atoms with E-state index < -0.39 is 47.4 Å². The lowest BCUT2D eigenvalue weighted by atomic mass is 9.94. The van der Waals surface area contributed by atoms with Gasteiger partial charge in [0, 0.05) is 11.6 Å². The van der Waals surface area contributed by atoms with Gasteiger partial charge in [-0.3, -0.25) is 9.59 Å². The first-order chi connectivity index (χ1) is 15.1. The lowest BCUT2D eigenvalue weighted by Gasteiger charge is -2.22. The molecule has 1 aromatic heterocycles. The molecule has 3 aromatic rings. The Bertz CT molecular complexity index is 1230. The zero-order valence-electron chi connectivity index (χ0n) is 17.1. The number of carbonyl (C=O) groups is 1. The number of nitrogens with zero attached hydrogens (tertiary/aromatic N) is 2. The summed E-state index contributed by atoms with van der Waals surface area (Å²) in [6.07, 6.45) is 0. The van der Waals surface area contributed by atoms with Gasteiger partial charge >= 0.3 is 0 Å². The van der Waals surface area contributed by atoms with Crippen molar-refractivity contribution < 1.29 is 27.5 Å². The first-order valence-corrected chi connectivity index (χ1v) is 9.51. The molecule has 0 aliphatic carbocycles. The van der Waals surface area contributed by atoms with Crippen LogP contribution in [0.4, 0.5) is 17.6 Å². The van der Waals surface area contributed by atoms with E-state index in [1.165, 1.54) is 25.1 Å². The molecular formula is C22H19F4N3O3. The molecule has 2 aromatic carbocycles. The van der Waals surface area contributed by atoms with E-state index in [9.17, 15) is 27.2 Å². The van der Waals surface area contributed by atoms with Gasteiger partial charge in [-0.1, -0.05) is 24.3 Å². The number of amides is 1. The highest BCUT2D eigenvalue weighted by atomic mass is 19.3. The highest BCUT2D eigenvalue weighted by Gasteiger charge is 2.33. The Hall–Kier alpha value is -3.53. The fourth-order valence-electron chi connectivity index (χ4n) is 3.31. The van der Waals surface area contributed by atoms with Crippen molar-refractivity contribution in [2.75, 3.05) is 6.61 Å². The number of hydrogen-bond acceptors (Lipinski definition) is 4. The van der Waals surface area contributed by atoms with Crippen molar-refractivity contribution in [2.45, 2.75) is 25.8 Å². The van der Waals surface area contributed by atoms with Crippen molar-refractivity contribution in [3.05, 3.63) is 92.9 Å². The topological polar surface area (TPSA) is 84.2 Å². The largest absolute Gasteiger partial charge is 0.390 e. The smallest absolute Gasteiger partial charge is 0.296 e. The second kappa shape index (κ2) is 8.91. The van der Waals surface area contributed by atoms with Crippen LogP contribution in [0.15, 0.2) is 53.3 Å². The van der Waals surface area contributed by atoms with Crippen molar-refractivity contribution in [3.8, 4) is 5.69 Å². The lowest BCUT2D eigenvalue weighted by molar-refractivity contribution is -0.0561. The van der Waals surface area contributed by atoms with E-state index >= 15 is 0 Å². The maximum absolute atomic E-state index is 14.1. The number of aromatic nitrogens is 2. The molecular weight excluding hydrogens is 430 g/mol. The normalized spacial score (nSPS) is 12.5. The first-order valence-electron chi connectivity index (χ1n) is 9.51. The highest BCUT2D eigenvalue weighted by Crippen LogP contribution is 2.33. The van der Waals surface area contributed by atoms with Crippen LogP contribution in [0.1, 0.15) is 40.1 Å².